The first-order valence-electron chi connectivity index (χ1n) is 7.94. The number of aryl methyl sites for hydroxylation is 1. The Morgan fingerprint density at radius 2 is 1.92 bits per heavy atom. The quantitative estimate of drug-likeness (QED) is 0.761. The van der Waals surface area contributed by atoms with E-state index in [1.54, 1.807) is 20.8 Å². The Balaban J connectivity index is 2.14. The van der Waals surface area contributed by atoms with Gasteiger partial charge < -0.3 is 19.8 Å². The van der Waals surface area contributed by atoms with Gasteiger partial charge in [0.05, 0.1) is 12.2 Å². The van der Waals surface area contributed by atoms with Crippen LogP contribution in [0.4, 0.5) is 4.79 Å². The van der Waals surface area contributed by atoms with Crippen LogP contribution in [-0.2, 0) is 14.3 Å². The van der Waals surface area contributed by atoms with Gasteiger partial charge in [-0.15, -0.1) is 0 Å². The van der Waals surface area contributed by atoms with Crippen LogP contribution in [0.2, 0.25) is 0 Å². The summed E-state index contributed by atoms with van der Waals surface area (Å²) in [5, 5.41) is 2.51. The van der Waals surface area contributed by atoms with Gasteiger partial charge in [-0.3, -0.25) is 9.69 Å². The van der Waals surface area contributed by atoms with Gasteiger partial charge in [-0.1, -0.05) is 0 Å². The molecule has 25 heavy (non-hydrogen) atoms. The maximum Gasteiger partial charge on any atom is 0.355 e. The molecule has 0 bridgehead atoms. The standard InChI is InChI=1S/C16H21N3O6/c1-5-24-15(22)12-8(2)11(9(3)18-12)14(21)25-10(4)13(20)19-7-6-17-16(19)23/h10,18H,5-7H2,1-4H3,(H,17,23)/t10-/m0/s1. The number of urea groups is 1. The van der Waals surface area contributed by atoms with Crippen molar-refractivity contribution in [2.24, 2.45) is 0 Å². The van der Waals surface area contributed by atoms with Crippen molar-refractivity contribution in [3.63, 3.8) is 0 Å². The second-order valence-corrected chi connectivity index (χ2v) is 5.61. The fourth-order valence-electron chi connectivity index (χ4n) is 2.63. The highest BCUT2D eigenvalue weighted by atomic mass is 16.5. The number of aromatic nitrogens is 1. The number of esters is 2. The van der Waals surface area contributed by atoms with E-state index in [4.69, 9.17) is 9.47 Å². The molecule has 0 aromatic carbocycles. The largest absolute Gasteiger partial charge is 0.461 e. The SMILES string of the molecule is CCOC(=O)c1[nH]c(C)c(C(=O)O[C@@H](C)C(=O)N2CCNC2=O)c1C. The van der Waals surface area contributed by atoms with Gasteiger partial charge >= 0.3 is 18.0 Å². The zero-order valence-corrected chi connectivity index (χ0v) is 14.6. The third-order valence-electron chi connectivity index (χ3n) is 3.88. The summed E-state index contributed by atoms with van der Waals surface area (Å²) in [5.74, 6) is -1.91. The molecule has 0 radical (unpaired) electrons. The number of amides is 3. The van der Waals surface area contributed by atoms with Crippen molar-refractivity contribution in [2.75, 3.05) is 19.7 Å². The van der Waals surface area contributed by atoms with Gasteiger partial charge in [0.2, 0.25) is 0 Å². The number of H-pyrrole nitrogens is 1. The summed E-state index contributed by atoms with van der Waals surface area (Å²) in [4.78, 5) is 51.8. The second kappa shape index (κ2) is 7.37. The third-order valence-corrected chi connectivity index (χ3v) is 3.88. The minimum Gasteiger partial charge on any atom is -0.461 e. The number of nitrogens with one attached hydrogen (secondary N) is 2. The van der Waals surface area contributed by atoms with E-state index >= 15 is 0 Å². The van der Waals surface area contributed by atoms with Crippen molar-refractivity contribution in [3.8, 4) is 0 Å². The zero-order valence-electron chi connectivity index (χ0n) is 14.6. The Kier molecular flexibility index (Phi) is 5.45. The summed E-state index contributed by atoms with van der Waals surface area (Å²) in [6, 6.07) is -0.508. The molecule has 136 valence electrons. The molecule has 1 aliphatic heterocycles. The average Bonchev–Trinajstić information content (AvgIpc) is 3.09. The molecule has 0 spiro atoms. The van der Waals surface area contributed by atoms with Crippen molar-refractivity contribution in [1.82, 2.24) is 15.2 Å². The molecule has 1 saturated heterocycles. The molecular formula is C16H21N3O6. The summed E-state index contributed by atoms with van der Waals surface area (Å²) in [7, 11) is 0. The fourth-order valence-corrected chi connectivity index (χ4v) is 2.63. The van der Waals surface area contributed by atoms with E-state index in [0.29, 0.717) is 17.8 Å². The molecule has 1 aromatic rings. The lowest BCUT2D eigenvalue weighted by Gasteiger charge is -2.18. The van der Waals surface area contributed by atoms with E-state index in [1.165, 1.54) is 6.92 Å². The Bertz CT molecular complexity index is 724. The van der Waals surface area contributed by atoms with Gasteiger partial charge in [0.15, 0.2) is 6.10 Å². The lowest BCUT2D eigenvalue weighted by molar-refractivity contribution is -0.136. The van der Waals surface area contributed by atoms with E-state index in [0.717, 1.165) is 4.90 Å². The second-order valence-electron chi connectivity index (χ2n) is 5.61. The van der Waals surface area contributed by atoms with E-state index in [1.807, 2.05) is 0 Å². The first-order valence-corrected chi connectivity index (χ1v) is 7.94. The van der Waals surface area contributed by atoms with Crippen molar-refractivity contribution >= 4 is 23.9 Å². The van der Waals surface area contributed by atoms with Crippen LogP contribution in [0, 0.1) is 13.8 Å². The monoisotopic (exact) mass is 351 g/mol. The van der Waals surface area contributed by atoms with Crippen molar-refractivity contribution in [3.05, 3.63) is 22.5 Å². The van der Waals surface area contributed by atoms with Crippen LogP contribution in [0.1, 0.15) is 46.0 Å². The molecule has 9 heteroatoms. The van der Waals surface area contributed by atoms with Crippen molar-refractivity contribution in [2.45, 2.75) is 33.8 Å². The smallest absolute Gasteiger partial charge is 0.355 e. The highest BCUT2D eigenvalue weighted by molar-refractivity contribution is 6.01. The lowest BCUT2D eigenvalue weighted by atomic mass is 10.1. The number of hydrogen-bond acceptors (Lipinski definition) is 6. The molecule has 2 heterocycles. The summed E-state index contributed by atoms with van der Waals surface area (Å²) in [6.45, 7) is 7.09. The summed E-state index contributed by atoms with van der Waals surface area (Å²) in [5.41, 5.74) is 1.17. The van der Waals surface area contributed by atoms with Crippen LogP contribution in [0.25, 0.3) is 0 Å². The predicted molar refractivity (Wildman–Crippen MR) is 86.2 cm³/mol. The first kappa shape index (κ1) is 18.5. The van der Waals surface area contributed by atoms with E-state index in [2.05, 4.69) is 10.3 Å². The van der Waals surface area contributed by atoms with Crippen LogP contribution < -0.4 is 5.32 Å². The summed E-state index contributed by atoms with van der Waals surface area (Å²) >= 11 is 0. The van der Waals surface area contributed by atoms with Gasteiger partial charge in [0, 0.05) is 18.8 Å². The minimum absolute atomic E-state index is 0.171. The van der Waals surface area contributed by atoms with Crippen molar-refractivity contribution < 1.29 is 28.7 Å². The van der Waals surface area contributed by atoms with Gasteiger partial charge in [0.25, 0.3) is 5.91 Å². The number of carbonyl (C=O) groups is 4. The number of carbonyl (C=O) groups excluding carboxylic acids is 4. The van der Waals surface area contributed by atoms with Gasteiger partial charge in [-0.2, -0.15) is 0 Å². The molecule has 0 aliphatic carbocycles. The van der Waals surface area contributed by atoms with Gasteiger partial charge in [-0.05, 0) is 33.3 Å². The van der Waals surface area contributed by atoms with Crippen LogP contribution >= 0.6 is 0 Å². The first-order chi connectivity index (χ1) is 11.8. The molecule has 0 unspecified atom stereocenters. The van der Waals surface area contributed by atoms with Crippen LogP contribution in [-0.4, -0.2) is 59.6 Å². The fraction of sp³-hybridized carbons (Fsp3) is 0.500. The van der Waals surface area contributed by atoms with Gasteiger partial charge in [0.1, 0.15) is 5.69 Å². The number of hydrogen-bond donors (Lipinski definition) is 2. The Labute approximate surface area is 144 Å². The number of aromatic amines is 1. The Morgan fingerprint density at radius 3 is 2.48 bits per heavy atom. The number of nitrogens with zero attached hydrogens (tertiary/aromatic N) is 1. The van der Waals surface area contributed by atoms with Crippen molar-refractivity contribution in [1.29, 1.82) is 0 Å². The van der Waals surface area contributed by atoms with Crippen LogP contribution in [0.3, 0.4) is 0 Å². The highest BCUT2D eigenvalue weighted by Crippen LogP contribution is 2.20. The molecule has 3 amide bonds. The molecular weight excluding hydrogens is 330 g/mol. The normalized spacial score (nSPS) is 14.9. The summed E-state index contributed by atoms with van der Waals surface area (Å²) in [6.07, 6.45) is -1.13. The van der Waals surface area contributed by atoms with E-state index in [9.17, 15) is 19.2 Å². The van der Waals surface area contributed by atoms with Gasteiger partial charge in [-0.25, -0.2) is 14.4 Å². The third kappa shape index (κ3) is 3.65. The average molecular weight is 351 g/mol. The molecule has 1 atom stereocenters. The molecule has 1 fully saturated rings. The number of imide groups is 1. The van der Waals surface area contributed by atoms with Crippen LogP contribution in [0.15, 0.2) is 0 Å². The molecule has 2 rings (SSSR count). The summed E-state index contributed by atoms with van der Waals surface area (Å²) < 4.78 is 10.1. The van der Waals surface area contributed by atoms with E-state index < -0.39 is 30.0 Å². The maximum atomic E-state index is 12.4. The molecule has 2 N–H and O–H groups in total. The lowest BCUT2D eigenvalue weighted by Crippen LogP contribution is -2.41. The molecule has 1 aromatic heterocycles. The number of ether oxygens (including phenoxy) is 2. The van der Waals surface area contributed by atoms with E-state index in [-0.39, 0.29) is 24.4 Å². The maximum absolute atomic E-state index is 12.4. The predicted octanol–water partition coefficient (Wildman–Crippen LogP) is 0.905. The molecule has 0 saturated carbocycles. The highest BCUT2D eigenvalue weighted by Gasteiger charge is 2.33. The minimum atomic E-state index is -1.13. The molecule has 9 nitrogen and oxygen atoms in total. The molecule has 1 aliphatic rings. The Hall–Kier alpha value is -2.84. The number of rotatable bonds is 5. The zero-order chi connectivity index (χ0) is 18.7. The van der Waals surface area contributed by atoms with Crippen LogP contribution in [0.5, 0.6) is 0 Å². The topological polar surface area (TPSA) is 118 Å². The Morgan fingerprint density at radius 1 is 1.24 bits per heavy atom.